The van der Waals surface area contributed by atoms with E-state index in [1.807, 2.05) is 56.3 Å². The van der Waals surface area contributed by atoms with Crippen molar-refractivity contribution in [3.63, 3.8) is 0 Å². The van der Waals surface area contributed by atoms with Crippen molar-refractivity contribution in [2.24, 2.45) is 5.10 Å². The summed E-state index contributed by atoms with van der Waals surface area (Å²) in [5.41, 5.74) is 6.17. The van der Waals surface area contributed by atoms with Crippen molar-refractivity contribution in [2.45, 2.75) is 13.8 Å². The molecule has 1 amide bonds. The average Bonchev–Trinajstić information content (AvgIpc) is 2.52. The van der Waals surface area contributed by atoms with Crippen LogP contribution >= 0.6 is 11.6 Å². The summed E-state index contributed by atoms with van der Waals surface area (Å²) < 4.78 is 0. The predicted molar refractivity (Wildman–Crippen MR) is 91.5 cm³/mol. The minimum absolute atomic E-state index is 0.106. The third-order valence-electron chi connectivity index (χ3n) is 3.13. The molecular formula is C17H18ClN3O. The molecule has 0 aliphatic rings. The number of aryl methyl sites for hydroxylation is 1. The summed E-state index contributed by atoms with van der Waals surface area (Å²) in [7, 11) is 0. The van der Waals surface area contributed by atoms with Crippen LogP contribution in [0.25, 0.3) is 0 Å². The van der Waals surface area contributed by atoms with Gasteiger partial charge in [-0.3, -0.25) is 4.79 Å². The van der Waals surface area contributed by atoms with E-state index in [2.05, 4.69) is 15.8 Å². The highest BCUT2D eigenvalue weighted by Gasteiger charge is 2.03. The third kappa shape index (κ3) is 4.60. The highest BCUT2D eigenvalue weighted by atomic mass is 35.5. The Morgan fingerprint density at radius 2 is 1.82 bits per heavy atom. The van der Waals surface area contributed by atoms with Crippen LogP contribution in [-0.4, -0.2) is 18.2 Å². The smallest absolute Gasteiger partial charge is 0.259 e. The molecule has 0 aromatic heterocycles. The van der Waals surface area contributed by atoms with E-state index < -0.39 is 0 Å². The van der Waals surface area contributed by atoms with E-state index in [9.17, 15) is 4.79 Å². The standard InChI is InChI=1S/C17H18ClN3O/c1-12-7-9-14(10-8-12)13(2)20-21-17(22)11-19-16-6-4-3-5-15(16)18/h3-10,19H,11H2,1-2H3,(H,21,22)/b20-13+. The van der Waals surface area contributed by atoms with Crippen LogP contribution in [0.15, 0.2) is 53.6 Å². The first-order chi connectivity index (χ1) is 10.6. The molecule has 0 bridgehead atoms. The van der Waals surface area contributed by atoms with E-state index >= 15 is 0 Å². The van der Waals surface area contributed by atoms with E-state index in [4.69, 9.17) is 11.6 Å². The zero-order valence-electron chi connectivity index (χ0n) is 12.6. The van der Waals surface area contributed by atoms with Gasteiger partial charge in [-0.2, -0.15) is 5.10 Å². The van der Waals surface area contributed by atoms with Crippen molar-refractivity contribution < 1.29 is 4.79 Å². The van der Waals surface area contributed by atoms with Gasteiger partial charge in [0.2, 0.25) is 0 Å². The SMILES string of the molecule is C/C(=N\NC(=O)CNc1ccccc1Cl)c1ccc(C)cc1. The molecule has 0 spiro atoms. The highest BCUT2D eigenvalue weighted by Crippen LogP contribution is 2.19. The second-order valence-electron chi connectivity index (χ2n) is 4.93. The lowest BCUT2D eigenvalue weighted by Gasteiger charge is -2.07. The second kappa shape index (κ2) is 7.61. The van der Waals surface area contributed by atoms with E-state index in [-0.39, 0.29) is 12.5 Å². The molecule has 0 unspecified atom stereocenters. The van der Waals surface area contributed by atoms with Crippen LogP contribution in [0.5, 0.6) is 0 Å². The summed E-state index contributed by atoms with van der Waals surface area (Å²) in [6, 6.07) is 15.2. The van der Waals surface area contributed by atoms with Crippen molar-refractivity contribution >= 4 is 28.9 Å². The molecule has 0 aliphatic carbocycles. The monoisotopic (exact) mass is 315 g/mol. The fourth-order valence-electron chi connectivity index (χ4n) is 1.83. The molecule has 0 aliphatic heterocycles. The molecule has 2 N–H and O–H groups in total. The number of rotatable bonds is 5. The Morgan fingerprint density at radius 1 is 1.14 bits per heavy atom. The van der Waals surface area contributed by atoms with Gasteiger partial charge in [-0.25, -0.2) is 5.43 Å². The number of nitrogens with zero attached hydrogens (tertiary/aromatic N) is 1. The van der Waals surface area contributed by atoms with Crippen molar-refractivity contribution in [3.05, 3.63) is 64.7 Å². The van der Waals surface area contributed by atoms with Gasteiger partial charge in [0.25, 0.3) is 5.91 Å². The first kappa shape index (κ1) is 16.0. The normalized spacial score (nSPS) is 11.1. The van der Waals surface area contributed by atoms with E-state index in [0.29, 0.717) is 5.02 Å². The van der Waals surface area contributed by atoms with Gasteiger partial charge < -0.3 is 5.32 Å². The van der Waals surface area contributed by atoms with Crippen molar-refractivity contribution in [1.82, 2.24) is 5.43 Å². The summed E-state index contributed by atoms with van der Waals surface area (Å²) in [4.78, 5) is 11.8. The predicted octanol–water partition coefficient (Wildman–Crippen LogP) is 3.60. The van der Waals surface area contributed by atoms with Crippen molar-refractivity contribution in [2.75, 3.05) is 11.9 Å². The first-order valence-electron chi connectivity index (χ1n) is 6.95. The number of anilines is 1. The summed E-state index contributed by atoms with van der Waals surface area (Å²) in [6.45, 7) is 3.99. The number of nitrogens with one attached hydrogen (secondary N) is 2. The van der Waals surface area contributed by atoms with Gasteiger partial charge in [0.1, 0.15) is 0 Å². The molecule has 0 fully saturated rings. The molecule has 0 saturated carbocycles. The lowest BCUT2D eigenvalue weighted by atomic mass is 10.1. The Bertz CT molecular complexity index is 681. The molecule has 2 rings (SSSR count). The van der Waals surface area contributed by atoms with Crippen LogP contribution in [-0.2, 0) is 4.79 Å². The van der Waals surface area contributed by atoms with Gasteiger partial charge in [0.15, 0.2) is 0 Å². The van der Waals surface area contributed by atoms with E-state index in [1.165, 1.54) is 5.56 Å². The van der Waals surface area contributed by atoms with E-state index in [1.54, 1.807) is 6.07 Å². The number of benzene rings is 2. The molecule has 0 heterocycles. The maximum absolute atomic E-state index is 11.8. The number of carbonyl (C=O) groups excluding carboxylic acids is 1. The fraction of sp³-hybridized carbons (Fsp3) is 0.176. The number of hydrogen-bond acceptors (Lipinski definition) is 3. The van der Waals surface area contributed by atoms with Crippen molar-refractivity contribution in [1.29, 1.82) is 0 Å². The Labute approximate surface area is 135 Å². The Morgan fingerprint density at radius 3 is 2.50 bits per heavy atom. The van der Waals surface area contributed by atoms with E-state index in [0.717, 1.165) is 17.0 Å². The number of amides is 1. The molecular weight excluding hydrogens is 298 g/mol. The third-order valence-corrected chi connectivity index (χ3v) is 3.46. The molecule has 0 atom stereocenters. The molecule has 2 aromatic carbocycles. The molecule has 114 valence electrons. The van der Waals surface area contributed by atoms with Gasteiger partial charge in [0.05, 0.1) is 23.0 Å². The molecule has 22 heavy (non-hydrogen) atoms. The van der Waals surface area contributed by atoms with Crippen LogP contribution in [0.1, 0.15) is 18.1 Å². The lowest BCUT2D eigenvalue weighted by Crippen LogP contribution is -2.26. The van der Waals surface area contributed by atoms with Gasteiger partial charge in [0, 0.05) is 0 Å². The quantitative estimate of drug-likeness (QED) is 0.654. The Hall–Kier alpha value is -2.33. The molecule has 0 saturated heterocycles. The number of hydrazone groups is 1. The summed E-state index contributed by atoms with van der Waals surface area (Å²) in [5, 5.41) is 7.65. The minimum atomic E-state index is -0.230. The second-order valence-corrected chi connectivity index (χ2v) is 5.34. The van der Waals surface area contributed by atoms with Crippen molar-refractivity contribution in [3.8, 4) is 0 Å². The average molecular weight is 316 g/mol. The number of carbonyl (C=O) groups is 1. The molecule has 4 nitrogen and oxygen atoms in total. The van der Waals surface area contributed by atoms with Crippen LogP contribution in [0, 0.1) is 6.92 Å². The highest BCUT2D eigenvalue weighted by molar-refractivity contribution is 6.33. The first-order valence-corrected chi connectivity index (χ1v) is 7.32. The Kier molecular flexibility index (Phi) is 5.55. The molecule has 5 heteroatoms. The number of hydrogen-bond donors (Lipinski definition) is 2. The summed E-state index contributed by atoms with van der Waals surface area (Å²) in [5.74, 6) is -0.230. The zero-order valence-corrected chi connectivity index (χ0v) is 13.3. The Balaban J connectivity index is 1.88. The molecule has 0 radical (unpaired) electrons. The van der Waals surface area contributed by atoms with Crippen LogP contribution in [0.3, 0.4) is 0 Å². The van der Waals surface area contributed by atoms with Gasteiger partial charge in [-0.15, -0.1) is 0 Å². The maximum Gasteiger partial charge on any atom is 0.259 e. The molecule has 2 aromatic rings. The fourth-order valence-corrected chi connectivity index (χ4v) is 2.03. The zero-order chi connectivity index (χ0) is 15.9. The lowest BCUT2D eigenvalue weighted by molar-refractivity contribution is -0.119. The number of para-hydroxylation sites is 1. The summed E-state index contributed by atoms with van der Waals surface area (Å²) in [6.07, 6.45) is 0. The minimum Gasteiger partial charge on any atom is -0.375 e. The van der Waals surface area contributed by atoms with Gasteiger partial charge in [-0.1, -0.05) is 53.6 Å². The topological polar surface area (TPSA) is 53.5 Å². The largest absolute Gasteiger partial charge is 0.375 e. The maximum atomic E-state index is 11.8. The van der Waals surface area contributed by atoms with Crippen LogP contribution in [0.2, 0.25) is 5.02 Å². The van der Waals surface area contributed by atoms with Crippen LogP contribution in [0.4, 0.5) is 5.69 Å². The van der Waals surface area contributed by atoms with Gasteiger partial charge >= 0.3 is 0 Å². The van der Waals surface area contributed by atoms with Gasteiger partial charge in [-0.05, 0) is 31.5 Å². The number of halogens is 1. The van der Waals surface area contributed by atoms with Crippen LogP contribution < -0.4 is 10.7 Å². The summed E-state index contributed by atoms with van der Waals surface area (Å²) >= 11 is 6.01.